The number of hydrogen-bond acceptors (Lipinski definition) is 7. The van der Waals surface area contributed by atoms with Crippen LogP contribution in [0.1, 0.15) is 44.7 Å². The monoisotopic (exact) mass is 423 g/mol. The largest absolute Gasteiger partial charge is 0.398 e. The Balaban J connectivity index is 1.96. The molecule has 166 valence electrons. The van der Waals surface area contributed by atoms with Crippen LogP contribution in [-0.2, 0) is 0 Å². The smallest absolute Gasteiger partial charge is 0.198 e. The van der Waals surface area contributed by atoms with Crippen LogP contribution in [0.4, 0.5) is 17.1 Å². The maximum Gasteiger partial charge on any atom is 0.198 e. The Kier molecular flexibility index (Phi) is 7.30. The molecule has 0 unspecified atom stereocenters. The molecule has 0 atom stereocenters. The minimum absolute atomic E-state index is 0.163. The summed E-state index contributed by atoms with van der Waals surface area (Å²) in [5.74, 6) is -0.362. The van der Waals surface area contributed by atoms with Gasteiger partial charge < -0.3 is 26.2 Å². The Morgan fingerprint density at radius 3 is 1.77 bits per heavy atom. The van der Waals surface area contributed by atoms with Gasteiger partial charge in [0.25, 0.3) is 0 Å². The summed E-state index contributed by atoms with van der Waals surface area (Å²) < 4.78 is 0. The van der Waals surface area contributed by atoms with Crippen LogP contribution in [0.2, 0.25) is 0 Å². The Hall–Kier alpha value is -2.90. The quantitative estimate of drug-likeness (QED) is 0.341. The van der Waals surface area contributed by atoms with Crippen molar-refractivity contribution < 1.29 is 9.59 Å². The van der Waals surface area contributed by atoms with E-state index in [0.717, 1.165) is 25.9 Å². The molecule has 0 saturated carbocycles. The number of rotatable bonds is 10. The fourth-order valence-corrected chi connectivity index (χ4v) is 3.88. The first-order valence-electron chi connectivity index (χ1n) is 10.7. The van der Waals surface area contributed by atoms with E-state index in [1.165, 1.54) is 0 Å². The molecule has 0 bridgehead atoms. The van der Waals surface area contributed by atoms with E-state index in [2.05, 4.69) is 20.4 Å². The minimum atomic E-state index is -0.199. The molecular weight excluding hydrogens is 390 g/mol. The van der Waals surface area contributed by atoms with Gasteiger partial charge in [-0.1, -0.05) is 12.1 Å². The van der Waals surface area contributed by atoms with E-state index in [9.17, 15) is 9.59 Å². The van der Waals surface area contributed by atoms with Gasteiger partial charge >= 0.3 is 0 Å². The zero-order valence-corrected chi connectivity index (χ0v) is 18.9. The molecule has 7 nitrogen and oxygen atoms in total. The molecular formula is C24H33N5O2. The summed E-state index contributed by atoms with van der Waals surface area (Å²) in [5.41, 5.74) is 9.34. The number of fused-ring (bicyclic) bond motifs is 2. The molecule has 1 aliphatic rings. The van der Waals surface area contributed by atoms with E-state index in [-0.39, 0.29) is 11.6 Å². The topological polar surface area (TPSA) is 90.7 Å². The van der Waals surface area contributed by atoms with E-state index in [1.54, 1.807) is 18.2 Å². The number of carbonyl (C=O) groups excluding carboxylic acids is 2. The number of nitrogens with one attached hydrogen (secondary N) is 2. The first-order chi connectivity index (χ1) is 14.8. The van der Waals surface area contributed by atoms with Crippen LogP contribution in [0.15, 0.2) is 30.3 Å². The predicted molar refractivity (Wildman–Crippen MR) is 127 cm³/mol. The zero-order chi connectivity index (χ0) is 22.5. The Morgan fingerprint density at radius 2 is 1.26 bits per heavy atom. The highest BCUT2D eigenvalue weighted by Crippen LogP contribution is 2.38. The van der Waals surface area contributed by atoms with Crippen LogP contribution in [0.25, 0.3) is 0 Å². The Morgan fingerprint density at radius 1 is 0.742 bits per heavy atom. The second-order valence-electron chi connectivity index (χ2n) is 8.51. The Labute approximate surface area is 184 Å². The molecule has 0 radical (unpaired) electrons. The number of ketones is 2. The predicted octanol–water partition coefficient (Wildman–Crippen LogP) is 2.77. The summed E-state index contributed by atoms with van der Waals surface area (Å²) in [5, 5.41) is 6.73. The SMILES string of the molecule is CN(C)CCCNc1ccc(NCCCN(C)C)c2c1C(=O)c1cccc(N)c1C2=O. The summed E-state index contributed by atoms with van der Waals surface area (Å²) in [6.45, 7) is 3.29. The van der Waals surface area contributed by atoms with Gasteiger partial charge in [0.15, 0.2) is 11.6 Å². The maximum absolute atomic E-state index is 13.5. The second-order valence-corrected chi connectivity index (χ2v) is 8.51. The molecule has 7 heteroatoms. The first kappa shape index (κ1) is 22.8. The average molecular weight is 424 g/mol. The lowest BCUT2D eigenvalue weighted by Crippen LogP contribution is -2.26. The van der Waals surface area contributed by atoms with Gasteiger partial charge in [-0.05, 0) is 72.3 Å². The third-order valence-electron chi connectivity index (χ3n) is 5.42. The number of hydrogen-bond donors (Lipinski definition) is 3. The number of nitrogen functional groups attached to an aromatic ring is 1. The Bertz CT molecular complexity index is 969. The van der Waals surface area contributed by atoms with Gasteiger partial charge in [0.2, 0.25) is 0 Å². The minimum Gasteiger partial charge on any atom is -0.398 e. The molecule has 0 spiro atoms. The molecule has 0 aromatic heterocycles. The number of nitrogens with two attached hydrogens (primary N) is 1. The van der Waals surface area contributed by atoms with E-state index in [1.807, 2.05) is 40.3 Å². The van der Waals surface area contributed by atoms with Crippen molar-refractivity contribution in [3.8, 4) is 0 Å². The van der Waals surface area contributed by atoms with Gasteiger partial charge in [-0.25, -0.2) is 0 Å². The highest BCUT2D eigenvalue weighted by molar-refractivity contribution is 6.33. The third-order valence-corrected chi connectivity index (χ3v) is 5.42. The van der Waals surface area contributed by atoms with Crippen molar-refractivity contribution in [2.24, 2.45) is 0 Å². The van der Waals surface area contributed by atoms with Crippen LogP contribution in [0, 0.1) is 0 Å². The zero-order valence-electron chi connectivity index (χ0n) is 18.9. The van der Waals surface area contributed by atoms with E-state index >= 15 is 0 Å². The number of anilines is 3. The first-order valence-corrected chi connectivity index (χ1v) is 10.7. The maximum atomic E-state index is 13.5. The van der Waals surface area contributed by atoms with Gasteiger partial charge in [0.05, 0.1) is 16.7 Å². The lowest BCUT2D eigenvalue weighted by atomic mass is 9.81. The summed E-state index contributed by atoms with van der Waals surface area (Å²) in [6.07, 6.45) is 1.85. The molecule has 4 N–H and O–H groups in total. The van der Waals surface area contributed by atoms with Crippen LogP contribution in [0.5, 0.6) is 0 Å². The average Bonchev–Trinajstić information content (AvgIpc) is 2.72. The fraction of sp³-hybridized carbons (Fsp3) is 0.417. The molecule has 1 aliphatic carbocycles. The lowest BCUT2D eigenvalue weighted by Gasteiger charge is -2.25. The normalized spacial score (nSPS) is 12.8. The van der Waals surface area contributed by atoms with Gasteiger partial charge in [0, 0.05) is 35.7 Å². The number of carbonyl (C=O) groups is 2. The lowest BCUT2D eigenvalue weighted by molar-refractivity contribution is 0.0981. The van der Waals surface area contributed by atoms with Crippen molar-refractivity contribution in [1.82, 2.24) is 9.80 Å². The van der Waals surface area contributed by atoms with Gasteiger partial charge in [-0.2, -0.15) is 0 Å². The summed E-state index contributed by atoms with van der Waals surface area (Å²) in [6, 6.07) is 8.85. The van der Waals surface area contributed by atoms with Crippen molar-refractivity contribution >= 4 is 28.6 Å². The summed E-state index contributed by atoms with van der Waals surface area (Å²) in [4.78, 5) is 31.2. The number of nitrogens with zero attached hydrogens (tertiary/aromatic N) is 2. The van der Waals surface area contributed by atoms with Crippen LogP contribution in [-0.4, -0.2) is 75.7 Å². The molecule has 0 aliphatic heterocycles. The molecule has 3 rings (SSSR count). The third kappa shape index (κ3) is 5.06. The van der Waals surface area contributed by atoms with Crippen LogP contribution in [0.3, 0.4) is 0 Å². The van der Waals surface area contributed by atoms with E-state index < -0.39 is 0 Å². The molecule has 2 aromatic rings. The van der Waals surface area contributed by atoms with Gasteiger partial charge in [-0.15, -0.1) is 0 Å². The van der Waals surface area contributed by atoms with Crippen LogP contribution < -0.4 is 16.4 Å². The highest BCUT2D eigenvalue weighted by Gasteiger charge is 2.35. The summed E-state index contributed by atoms with van der Waals surface area (Å²) >= 11 is 0. The fourth-order valence-electron chi connectivity index (χ4n) is 3.88. The standard InChI is InChI=1S/C24H33N5O2/c1-28(2)14-6-12-26-18-10-11-19(27-13-7-15-29(3)4)22-21(18)23(30)16-8-5-9-17(25)20(16)24(22)31/h5,8-11,26-27H,6-7,12-15,25H2,1-4H3. The van der Waals surface area contributed by atoms with Crippen molar-refractivity contribution in [1.29, 1.82) is 0 Å². The molecule has 0 fully saturated rings. The van der Waals surface area contributed by atoms with E-state index in [0.29, 0.717) is 52.4 Å². The van der Waals surface area contributed by atoms with Crippen LogP contribution >= 0.6 is 0 Å². The molecule has 31 heavy (non-hydrogen) atoms. The van der Waals surface area contributed by atoms with Gasteiger partial charge in [-0.3, -0.25) is 9.59 Å². The van der Waals surface area contributed by atoms with Gasteiger partial charge in [0.1, 0.15) is 0 Å². The second kappa shape index (κ2) is 9.94. The highest BCUT2D eigenvalue weighted by atomic mass is 16.1. The number of benzene rings is 2. The van der Waals surface area contributed by atoms with Crippen molar-refractivity contribution in [3.05, 3.63) is 52.6 Å². The van der Waals surface area contributed by atoms with Crippen molar-refractivity contribution in [3.63, 3.8) is 0 Å². The molecule has 0 amide bonds. The van der Waals surface area contributed by atoms with E-state index in [4.69, 9.17) is 5.73 Å². The van der Waals surface area contributed by atoms with Crippen molar-refractivity contribution in [2.45, 2.75) is 12.8 Å². The molecule has 0 saturated heterocycles. The van der Waals surface area contributed by atoms with Crippen molar-refractivity contribution in [2.75, 3.05) is 70.7 Å². The summed E-state index contributed by atoms with van der Waals surface area (Å²) in [7, 11) is 8.12. The molecule has 2 aromatic carbocycles. The molecule has 0 heterocycles.